The number of hydrogen-bond acceptors (Lipinski definition) is 2. The number of halogens is 2. The Kier molecular flexibility index (Phi) is 4.81. The van der Waals surface area contributed by atoms with E-state index in [-0.39, 0.29) is 12.1 Å². The van der Waals surface area contributed by atoms with Crippen molar-refractivity contribution in [1.82, 2.24) is 4.90 Å². The molecular formula is C22H18Cl2N2O. The molecule has 27 heavy (non-hydrogen) atoms. The summed E-state index contributed by atoms with van der Waals surface area (Å²) in [5.41, 5.74) is 4.42. The van der Waals surface area contributed by atoms with Crippen LogP contribution < -0.4 is 5.32 Å². The first-order valence-corrected chi connectivity index (χ1v) is 9.46. The molecule has 0 bridgehead atoms. The molecular weight excluding hydrogens is 379 g/mol. The number of aryl methyl sites for hydroxylation is 1. The molecule has 5 heteroatoms. The van der Waals surface area contributed by atoms with Crippen molar-refractivity contribution in [1.29, 1.82) is 0 Å². The van der Waals surface area contributed by atoms with Gasteiger partial charge in [0.05, 0.1) is 10.7 Å². The lowest BCUT2D eigenvalue weighted by Crippen LogP contribution is -2.32. The Bertz CT molecular complexity index is 1020. The number of nitrogens with one attached hydrogen (secondary N) is 1. The van der Waals surface area contributed by atoms with E-state index in [0.29, 0.717) is 22.2 Å². The van der Waals surface area contributed by atoms with Gasteiger partial charge < -0.3 is 10.2 Å². The van der Waals surface area contributed by atoms with Gasteiger partial charge in [0, 0.05) is 22.7 Å². The Morgan fingerprint density at radius 3 is 2.48 bits per heavy atom. The van der Waals surface area contributed by atoms with Gasteiger partial charge in [-0.25, -0.2) is 0 Å². The summed E-state index contributed by atoms with van der Waals surface area (Å²) in [5, 5.41) is 4.72. The Morgan fingerprint density at radius 1 is 0.963 bits per heavy atom. The summed E-state index contributed by atoms with van der Waals surface area (Å²) in [6.45, 7) is 2.40. The second-order valence-corrected chi connectivity index (χ2v) is 7.46. The number of amides is 1. The second kappa shape index (κ2) is 7.26. The number of rotatable bonds is 4. The smallest absolute Gasteiger partial charge is 0.256 e. The Labute approximate surface area is 168 Å². The summed E-state index contributed by atoms with van der Waals surface area (Å²) < 4.78 is 0. The van der Waals surface area contributed by atoms with E-state index in [2.05, 4.69) is 5.32 Å². The minimum atomic E-state index is -0.315. The molecule has 0 spiro atoms. The van der Waals surface area contributed by atoms with Crippen molar-refractivity contribution in [2.45, 2.75) is 19.6 Å². The van der Waals surface area contributed by atoms with Crippen LogP contribution in [0.1, 0.15) is 33.2 Å². The quantitative estimate of drug-likeness (QED) is 0.580. The molecule has 136 valence electrons. The van der Waals surface area contributed by atoms with Gasteiger partial charge in [-0.1, -0.05) is 65.7 Å². The SMILES string of the molecule is Cc1ccc(NC2c3ccccc3C(=O)N2Cc2ccccc2Cl)c(Cl)c1. The van der Waals surface area contributed by atoms with Gasteiger partial charge in [-0.3, -0.25) is 4.79 Å². The third-order valence-corrected chi connectivity index (χ3v) is 5.46. The highest BCUT2D eigenvalue weighted by Gasteiger charge is 2.36. The molecule has 3 nitrogen and oxygen atoms in total. The standard InChI is InChI=1S/C22H18Cl2N2O/c1-14-10-11-20(19(24)12-14)25-21-16-7-3-4-8-17(16)22(27)26(21)13-15-6-2-5-9-18(15)23/h2-12,21,25H,13H2,1H3. The Hall–Kier alpha value is -2.49. The van der Waals surface area contributed by atoms with Crippen molar-refractivity contribution in [3.63, 3.8) is 0 Å². The average Bonchev–Trinajstić information content (AvgIpc) is 2.92. The molecule has 0 aliphatic carbocycles. The number of nitrogens with zero attached hydrogens (tertiary/aromatic N) is 1. The summed E-state index contributed by atoms with van der Waals surface area (Å²) in [4.78, 5) is 14.9. The molecule has 1 aliphatic heterocycles. The highest BCUT2D eigenvalue weighted by atomic mass is 35.5. The molecule has 3 aromatic carbocycles. The van der Waals surface area contributed by atoms with Gasteiger partial charge in [0.2, 0.25) is 0 Å². The van der Waals surface area contributed by atoms with Crippen LogP contribution in [0.15, 0.2) is 66.7 Å². The zero-order valence-corrected chi connectivity index (χ0v) is 16.3. The van der Waals surface area contributed by atoms with Crippen LogP contribution in [0.2, 0.25) is 10.0 Å². The molecule has 1 N–H and O–H groups in total. The predicted octanol–water partition coefficient (Wildman–Crippen LogP) is 6.07. The van der Waals surface area contributed by atoms with Crippen LogP contribution in [0, 0.1) is 6.92 Å². The lowest BCUT2D eigenvalue weighted by Gasteiger charge is -2.28. The van der Waals surface area contributed by atoms with Gasteiger partial charge in [0.1, 0.15) is 6.17 Å². The molecule has 1 heterocycles. The van der Waals surface area contributed by atoms with Crippen molar-refractivity contribution >= 4 is 34.8 Å². The monoisotopic (exact) mass is 396 g/mol. The molecule has 0 saturated heterocycles. The number of carbonyl (C=O) groups excluding carboxylic acids is 1. The Balaban J connectivity index is 1.72. The van der Waals surface area contributed by atoms with Gasteiger partial charge in [0.15, 0.2) is 0 Å². The molecule has 0 saturated carbocycles. The fourth-order valence-corrected chi connectivity index (χ4v) is 3.87. The van der Waals surface area contributed by atoms with E-state index in [0.717, 1.165) is 22.4 Å². The topological polar surface area (TPSA) is 32.3 Å². The molecule has 0 radical (unpaired) electrons. The molecule has 0 aromatic heterocycles. The van der Waals surface area contributed by atoms with Crippen LogP contribution in [-0.2, 0) is 6.54 Å². The molecule has 1 unspecified atom stereocenters. The van der Waals surface area contributed by atoms with Crippen molar-refractivity contribution in [2.24, 2.45) is 0 Å². The minimum Gasteiger partial charge on any atom is -0.360 e. The largest absolute Gasteiger partial charge is 0.360 e. The maximum absolute atomic E-state index is 13.1. The lowest BCUT2D eigenvalue weighted by molar-refractivity contribution is 0.0729. The second-order valence-electron chi connectivity index (χ2n) is 6.64. The highest BCUT2D eigenvalue weighted by Crippen LogP contribution is 2.37. The first-order valence-electron chi connectivity index (χ1n) is 8.70. The van der Waals surface area contributed by atoms with Gasteiger partial charge in [0.25, 0.3) is 5.91 Å². The van der Waals surface area contributed by atoms with Crippen molar-refractivity contribution in [2.75, 3.05) is 5.32 Å². The third-order valence-electron chi connectivity index (χ3n) is 4.77. The highest BCUT2D eigenvalue weighted by molar-refractivity contribution is 6.33. The molecule has 1 amide bonds. The van der Waals surface area contributed by atoms with E-state index < -0.39 is 0 Å². The number of benzene rings is 3. The van der Waals surface area contributed by atoms with Gasteiger partial charge in [-0.05, 0) is 42.3 Å². The zero-order valence-electron chi connectivity index (χ0n) is 14.7. The summed E-state index contributed by atoms with van der Waals surface area (Å²) >= 11 is 12.8. The van der Waals surface area contributed by atoms with E-state index in [1.165, 1.54) is 0 Å². The van der Waals surface area contributed by atoms with Crippen LogP contribution >= 0.6 is 23.2 Å². The van der Waals surface area contributed by atoms with Crippen molar-refractivity contribution in [3.8, 4) is 0 Å². The summed E-state index contributed by atoms with van der Waals surface area (Å²) in [5.74, 6) is -0.0220. The minimum absolute atomic E-state index is 0.0220. The Morgan fingerprint density at radius 2 is 1.70 bits per heavy atom. The number of hydrogen-bond donors (Lipinski definition) is 1. The number of carbonyl (C=O) groups is 1. The van der Waals surface area contributed by atoms with E-state index in [1.54, 1.807) is 4.90 Å². The van der Waals surface area contributed by atoms with Crippen LogP contribution in [0.5, 0.6) is 0 Å². The molecule has 1 atom stereocenters. The van der Waals surface area contributed by atoms with Crippen molar-refractivity contribution < 1.29 is 4.79 Å². The predicted molar refractivity (Wildman–Crippen MR) is 110 cm³/mol. The van der Waals surface area contributed by atoms with Gasteiger partial charge in [-0.15, -0.1) is 0 Å². The summed E-state index contributed by atoms with van der Waals surface area (Å²) in [6, 6.07) is 21.1. The maximum atomic E-state index is 13.1. The van der Waals surface area contributed by atoms with Gasteiger partial charge >= 0.3 is 0 Å². The summed E-state index contributed by atoms with van der Waals surface area (Å²) in [7, 11) is 0. The van der Waals surface area contributed by atoms with E-state index in [4.69, 9.17) is 23.2 Å². The zero-order chi connectivity index (χ0) is 19.0. The van der Waals surface area contributed by atoms with E-state index >= 15 is 0 Å². The average molecular weight is 397 g/mol. The first kappa shape index (κ1) is 17.9. The first-order chi connectivity index (χ1) is 13.0. The number of anilines is 1. The normalized spacial score (nSPS) is 15.7. The van der Waals surface area contributed by atoms with E-state index in [1.807, 2.05) is 73.7 Å². The number of fused-ring (bicyclic) bond motifs is 1. The third kappa shape index (κ3) is 3.41. The summed E-state index contributed by atoms with van der Waals surface area (Å²) in [6.07, 6.45) is -0.315. The van der Waals surface area contributed by atoms with Crippen LogP contribution in [0.25, 0.3) is 0 Å². The van der Waals surface area contributed by atoms with Crippen LogP contribution in [-0.4, -0.2) is 10.8 Å². The van der Waals surface area contributed by atoms with E-state index in [9.17, 15) is 4.79 Å². The fraction of sp³-hybridized carbons (Fsp3) is 0.136. The van der Waals surface area contributed by atoms with Gasteiger partial charge in [-0.2, -0.15) is 0 Å². The fourth-order valence-electron chi connectivity index (χ4n) is 3.38. The molecule has 4 rings (SSSR count). The van der Waals surface area contributed by atoms with Crippen LogP contribution in [0.3, 0.4) is 0 Å². The molecule has 0 fully saturated rings. The molecule has 1 aliphatic rings. The van der Waals surface area contributed by atoms with Crippen molar-refractivity contribution in [3.05, 3.63) is 99.0 Å². The lowest BCUT2D eigenvalue weighted by atomic mass is 10.1. The molecule has 3 aromatic rings. The van der Waals surface area contributed by atoms with Crippen LogP contribution in [0.4, 0.5) is 5.69 Å². The maximum Gasteiger partial charge on any atom is 0.256 e.